The molecule has 26 heavy (non-hydrogen) atoms. The van der Waals surface area contributed by atoms with Crippen molar-refractivity contribution in [3.05, 3.63) is 71.9 Å². The highest BCUT2D eigenvalue weighted by Crippen LogP contribution is 2.16. The summed E-state index contributed by atoms with van der Waals surface area (Å²) in [6.45, 7) is -0.0815. The van der Waals surface area contributed by atoms with E-state index < -0.39 is 10.0 Å². The van der Waals surface area contributed by atoms with Crippen LogP contribution in [0, 0.1) is 5.82 Å². The van der Waals surface area contributed by atoms with E-state index in [0.29, 0.717) is 18.4 Å². The quantitative estimate of drug-likeness (QED) is 0.654. The van der Waals surface area contributed by atoms with Gasteiger partial charge in [0.1, 0.15) is 5.82 Å². The van der Waals surface area contributed by atoms with Crippen LogP contribution in [0.25, 0.3) is 11.4 Å². The fourth-order valence-corrected chi connectivity index (χ4v) is 3.41. The van der Waals surface area contributed by atoms with E-state index in [1.807, 2.05) is 30.3 Å². The fourth-order valence-electron chi connectivity index (χ4n) is 2.40. The minimum absolute atomic E-state index is 0.0147. The van der Waals surface area contributed by atoms with Gasteiger partial charge in [0, 0.05) is 5.56 Å². The third kappa shape index (κ3) is 5.21. The summed E-state index contributed by atoms with van der Waals surface area (Å²) in [5.74, 6) is 0.0841. The molecular formula is C18H18FN3O3S. The summed E-state index contributed by atoms with van der Waals surface area (Å²) >= 11 is 0. The first kappa shape index (κ1) is 18.2. The molecule has 0 aliphatic rings. The van der Waals surface area contributed by atoms with Crippen LogP contribution in [0.2, 0.25) is 0 Å². The number of aryl methyl sites for hydroxylation is 1. The minimum atomic E-state index is -3.44. The zero-order chi connectivity index (χ0) is 18.4. The molecule has 136 valence electrons. The Balaban J connectivity index is 1.50. The van der Waals surface area contributed by atoms with Crippen LogP contribution in [0.5, 0.6) is 0 Å². The molecule has 6 nitrogen and oxygen atoms in total. The second kappa shape index (κ2) is 8.20. The SMILES string of the molecule is O=S(=O)(CCCc1ccccc1)NCc1nc(-c2ccc(F)cc2)no1. The summed E-state index contributed by atoms with van der Waals surface area (Å²) in [6.07, 6.45) is 1.21. The topological polar surface area (TPSA) is 85.1 Å². The predicted octanol–water partition coefficient (Wildman–Crippen LogP) is 2.93. The maximum absolute atomic E-state index is 12.9. The molecule has 0 unspecified atom stereocenters. The molecule has 1 aromatic heterocycles. The van der Waals surface area contributed by atoms with E-state index in [-0.39, 0.29) is 29.8 Å². The van der Waals surface area contributed by atoms with Crippen molar-refractivity contribution in [3.63, 3.8) is 0 Å². The van der Waals surface area contributed by atoms with Gasteiger partial charge in [-0.05, 0) is 42.7 Å². The predicted molar refractivity (Wildman–Crippen MR) is 95.1 cm³/mol. The molecule has 0 amide bonds. The molecule has 3 rings (SSSR count). The first-order chi connectivity index (χ1) is 12.5. The zero-order valence-corrected chi connectivity index (χ0v) is 14.7. The van der Waals surface area contributed by atoms with Gasteiger partial charge in [-0.3, -0.25) is 0 Å². The van der Waals surface area contributed by atoms with Gasteiger partial charge >= 0.3 is 0 Å². The normalized spacial score (nSPS) is 11.6. The second-order valence-corrected chi connectivity index (χ2v) is 7.67. The van der Waals surface area contributed by atoms with Crippen LogP contribution in [0.4, 0.5) is 4.39 Å². The molecule has 0 atom stereocenters. The Labute approximate surface area is 151 Å². The summed E-state index contributed by atoms with van der Waals surface area (Å²) in [5.41, 5.74) is 1.69. The van der Waals surface area contributed by atoms with Gasteiger partial charge in [-0.15, -0.1) is 0 Å². The Bertz CT molecular complexity index is 941. The monoisotopic (exact) mass is 375 g/mol. The van der Waals surface area contributed by atoms with Crippen molar-refractivity contribution in [2.45, 2.75) is 19.4 Å². The Morgan fingerprint density at radius 2 is 1.77 bits per heavy atom. The van der Waals surface area contributed by atoms with Crippen molar-refractivity contribution < 1.29 is 17.3 Å². The third-order valence-electron chi connectivity index (χ3n) is 3.74. The number of aromatic nitrogens is 2. The van der Waals surface area contributed by atoms with Gasteiger partial charge in [0.05, 0.1) is 12.3 Å². The van der Waals surface area contributed by atoms with Gasteiger partial charge < -0.3 is 4.52 Å². The van der Waals surface area contributed by atoms with Crippen molar-refractivity contribution in [2.24, 2.45) is 0 Å². The number of halogens is 1. The lowest BCUT2D eigenvalue weighted by atomic mass is 10.1. The Morgan fingerprint density at radius 3 is 2.50 bits per heavy atom. The maximum atomic E-state index is 12.9. The van der Waals surface area contributed by atoms with Crippen molar-refractivity contribution in [3.8, 4) is 11.4 Å². The average Bonchev–Trinajstić information content (AvgIpc) is 3.11. The van der Waals surface area contributed by atoms with E-state index >= 15 is 0 Å². The Hall–Kier alpha value is -2.58. The molecule has 0 saturated carbocycles. The molecule has 2 aromatic carbocycles. The smallest absolute Gasteiger partial charge is 0.242 e. The van der Waals surface area contributed by atoms with Gasteiger partial charge in [0.2, 0.25) is 21.7 Å². The first-order valence-electron chi connectivity index (χ1n) is 8.12. The highest BCUT2D eigenvalue weighted by Gasteiger charge is 2.14. The molecule has 0 spiro atoms. The lowest BCUT2D eigenvalue weighted by molar-refractivity contribution is 0.376. The highest BCUT2D eigenvalue weighted by molar-refractivity contribution is 7.89. The summed E-state index contributed by atoms with van der Waals surface area (Å²) in [7, 11) is -3.44. The van der Waals surface area contributed by atoms with Crippen LogP contribution < -0.4 is 4.72 Å². The van der Waals surface area contributed by atoms with Gasteiger partial charge in [0.25, 0.3) is 0 Å². The molecule has 1 heterocycles. The molecule has 0 aliphatic heterocycles. The third-order valence-corrected chi connectivity index (χ3v) is 5.15. The number of sulfonamides is 1. The Morgan fingerprint density at radius 1 is 1.04 bits per heavy atom. The van der Waals surface area contributed by atoms with Crippen LogP contribution in [0.15, 0.2) is 59.1 Å². The number of nitrogens with zero attached hydrogens (tertiary/aromatic N) is 2. The van der Waals surface area contributed by atoms with Crippen LogP contribution in [-0.2, 0) is 23.0 Å². The van der Waals surface area contributed by atoms with E-state index in [2.05, 4.69) is 14.9 Å². The van der Waals surface area contributed by atoms with Crippen LogP contribution in [0.1, 0.15) is 17.9 Å². The van der Waals surface area contributed by atoms with Crippen LogP contribution >= 0.6 is 0 Å². The molecule has 0 saturated heterocycles. The van der Waals surface area contributed by atoms with E-state index in [0.717, 1.165) is 5.56 Å². The van der Waals surface area contributed by atoms with Gasteiger partial charge in [0.15, 0.2) is 0 Å². The Kier molecular flexibility index (Phi) is 5.75. The lowest BCUT2D eigenvalue weighted by Gasteiger charge is -2.04. The van der Waals surface area contributed by atoms with Crippen LogP contribution in [0.3, 0.4) is 0 Å². The lowest BCUT2D eigenvalue weighted by Crippen LogP contribution is -2.26. The number of hydrogen-bond donors (Lipinski definition) is 1. The number of benzene rings is 2. The van der Waals surface area contributed by atoms with Crippen LogP contribution in [-0.4, -0.2) is 24.3 Å². The van der Waals surface area contributed by atoms with Crippen molar-refractivity contribution in [1.29, 1.82) is 0 Å². The van der Waals surface area contributed by atoms with E-state index in [4.69, 9.17) is 4.52 Å². The van der Waals surface area contributed by atoms with Gasteiger partial charge in [-0.25, -0.2) is 17.5 Å². The maximum Gasteiger partial charge on any atom is 0.242 e. The van der Waals surface area contributed by atoms with E-state index in [1.54, 1.807) is 0 Å². The van der Waals surface area contributed by atoms with Crippen molar-refractivity contribution in [1.82, 2.24) is 14.9 Å². The largest absolute Gasteiger partial charge is 0.338 e. The molecule has 3 aromatic rings. The summed E-state index contributed by atoms with van der Waals surface area (Å²) < 4.78 is 44.5. The number of hydrogen-bond acceptors (Lipinski definition) is 5. The van der Waals surface area contributed by atoms with E-state index in [9.17, 15) is 12.8 Å². The first-order valence-corrected chi connectivity index (χ1v) is 9.77. The number of rotatable bonds is 8. The summed E-state index contributed by atoms with van der Waals surface area (Å²) in [4.78, 5) is 4.11. The van der Waals surface area contributed by atoms with Gasteiger partial charge in [-0.2, -0.15) is 4.98 Å². The minimum Gasteiger partial charge on any atom is -0.338 e. The average molecular weight is 375 g/mol. The zero-order valence-electron chi connectivity index (χ0n) is 13.9. The summed E-state index contributed by atoms with van der Waals surface area (Å²) in [5, 5.41) is 3.78. The molecule has 1 N–H and O–H groups in total. The molecule has 0 aliphatic carbocycles. The van der Waals surface area contributed by atoms with E-state index in [1.165, 1.54) is 24.3 Å². The molecule has 0 radical (unpaired) electrons. The van der Waals surface area contributed by atoms with Crippen molar-refractivity contribution in [2.75, 3.05) is 5.75 Å². The highest BCUT2D eigenvalue weighted by atomic mass is 32.2. The fraction of sp³-hybridized carbons (Fsp3) is 0.222. The molecule has 0 fully saturated rings. The molecular weight excluding hydrogens is 357 g/mol. The van der Waals surface area contributed by atoms with Gasteiger partial charge in [-0.1, -0.05) is 35.5 Å². The molecule has 8 heteroatoms. The number of nitrogens with one attached hydrogen (secondary N) is 1. The second-order valence-electron chi connectivity index (χ2n) is 5.75. The standard InChI is InChI=1S/C18H18FN3O3S/c19-16-10-8-15(9-11-16)18-21-17(25-22-18)13-20-26(23,24)12-4-7-14-5-2-1-3-6-14/h1-3,5-6,8-11,20H,4,7,12-13H2. The van der Waals surface area contributed by atoms with Crippen molar-refractivity contribution >= 4 is 10.0 Å². The molecule has 0 bridgehead atoms. The summed E-state index contributed by atoms with van der Waals surface area (Å²) in [6, 6.07) is 15.3.